The molecule has 4 atom stereocenters. The van der Waals surface area contributed by atoms with Gasteiger partial charge in [-0.2, -0.15) is 0 Å². The monoisotopic (exact) mass is 1900 g/mol. The van der Waals surface area contributed by atoms with E-state index in [4.69, 9.17) is 39.9 Å². The molecule has 0 fully saturated rings. The molecule has 4 aliphatic rings. The van der Waals surface area contributed by atoms with Crippen molar-refractivity contribution in [2.75, 3.05) is 21.3 Å². The van der Waals surface area contributed by atoms with E-state index in [-0.39, 0.29) is 74.5 Å². The lowest BCUT2D eigenvalue weighted by atomic mass is 9.90. The first-order chi connectivity index (χ1) is 69.9. The molecule has 716 valence electrons. The first-order valence-electron chi connectivity index (χ1n) is 48.2. The SMILES string of the molecule is O=C(CCCc1ccccc1)Nc1nc2c(nc1C(O)c1ccccc1)-c1ccc(CO)cc1CC2.O=C(CCc1ccccc1)Nc1nc2c(nc1C(O)c1ccccc1)-c1ccc(CO)cc1CC2.O=C(Cc1ccc2ccccc2c1)Nc1nc2c(nc1C(O)c1ccccc1)-c1ccc(CO)cc1CC2.O=C(Cc1ccccc1)Nc1nc2c(nc1C(O)c1ccccc1)-c1ccc(CO)cc1CC2. The molecule has 12 N–H and O–H groups in total. The molecule has 4 heterocycles. The van der Waals surface area contributed by atoms with Crippen LogP contribution in [0.3, 0.4) is 0 Å². The molecule has 0 spiro atoms. The Bertz CT molecular complexity index is 7420. The molecular weight excluding hydrogens is 1790 g/mol. The summed E-state index contributed by atoms with van der Waals surface area (Å²) >= 11 is 0. The Kier molecular flexibility index (Phi) is 31.2. The fraction of sp³-hybridized carbons (Fsp3) is 0.193. The second-order valence-corrected chi connectivity index (χ2v) is 35.9. The summed E-state index contributed by atoms with van der Waals surface area (Å²) < 4.78 is 0. The first-order valence-corrected chi connectivity index (χ1v) is 48.2. The molecule has 0 radical (unpaired) electrons. The number of nitrogens with one attached hydrogen (secondary N) is 4. The van der Waals surface area contributed by atoms with E-state index in [2.05, 4.69) is 33.4 Å². The van der Waals surface area contributed by atoms with E-state index >= 15 is 0 Å². The van der Waals surface area contributed by atoms with Crippen LogP contribution in [-0.4, -0.2) is 104 Å². The van der Waals surface area contributed by atoms with Crippen LogP contribution in [0.2, 0.25) is 0 Å². The standard InChI is InChI=1S/C32H27N3O3.C30H29N3O3.C29H27N3O3.C28H25N3O3/c36-19-21-11-14-26-25(17-21)13-15-27-29(26)35-30(31(38)23-7-2-1-3-8-23)32(33-27)34-28(37)18-20-10-12-22-6-4-5-9-24(22)16-20;34-19-21-14-16-24-23(18-21)15-17-25-27(24)33-28(29(36)22-11-5-2-6-12-22)30(31-25)32-26(35)13-7-10-20-8-3-1-4-9-20;33-18-20-11-14-23-22(17-20)13-15-24-26(23)32-27(28(35)21-9-5-2-6-10-21)29(30-24)31-25(34)16-12-19-7-3-1-4-8-19;32-17-19-11-13-22-21(15-19)12-14-23-25(22)31-26(27(34)20-9-5-2-6-10-20)28(29-23)30-24(33)16-18-7-3-1-4-8-18/h1-12,14,16-17,31,36,38H,13,15,18-19H2,(H,33,34,37);1-6,8-9,11-12,14,16,18,29,34,36H,7,10,13,15,17,19H2,(H,31,32,35);1-11,14,17,28,33,35H,12-13,15-16,18H2,(H,30,31,34);1-11,13,15,27,32,34H,12,14,16-17H2,(H,29,30,33). The van der Waals surface area contributed by atoms with Gasteiger partial charge in [0.2, 0.25) is 23.6 Å². The van der Waals surface area contributed by atoms with Gasteiger partial charge in [-0.3, -0.25) is 19.2 Å². The number of hydrogen-bond donors (Lipinski definition) is 12. The van der Waals surface area contributed by atoms with Crippen LogP contribution in [0.5, 0.6) is 0 Å². The lowest BCUT2D eigenvalue weighted by Crippen LogP contribution is -2.21. The largest absolute Gasteiger partial charge is 0.392 e. The van der Waals surface area contributed by atoms with Crippen molar-refractivity contribution in [2.24, 2.45) is 0 Å². The quantitative estimate of drug-likeness (QED) is 0.0227. The summed E-state index contributed by atoms with van der Waals surface area (Å²) in [5.41, 5.74) is 25.6. The maximum Gasteiger partial charge on any atom is 0.229 e. The van der Waals surface area contributed by atoms with Crippen LogP contribution < -0.4 is 21.3 Å². The summed E-state index contributed by atoms with van der Waals surface area (Å²) in [6, 6.07) is 104. The minimum absolute atomic E-state index is 0.0149. The van der Waals surface area contributed by atoms with E-state index < -0.39 is 24.4 Å². The number of aryl methyl sites for hydroxylation is 10. The summed E-state index contributed by atoms with van der Waals surface area (Å²) in [7, 11) is 0. The number of benzene rings is 13. The summed E-state index contributed by atoms with van der Waals surface area (Å²) in [6.07, 6.45) is 4.70. The number of aliphatic hydroxyl groups excluding tert-OH is 8. The number of carbonyl (C=O) groups excluding carboxylic acids is 4. The maximum atomic E-state index is 13.2. The Morgan fingerprint density at radius 3 is 0.832 bits per heavy atom. The summed E-state index contributed by atoms with van der Waals surface area (Å²) in [5, 5.41) is 97.0. The molecule has 24 heteroatoms. The predicted molar refractivity (Wildman–Crippen MR) is 552 cm³/mol. The Morgan fingerprint density at radius 2 is 0.510 bits per heavy atom. The highest BCUT2D eigenvalue weighted by Gasteiger charge is 2.33. The highest BCUT2D eigenvalue weighted by Crippen LogP contribution is 2.43. The van der Waals surface area contributed by atoms with Crippen molar-refractivity contribution in [3.05, 3.63) is 462 Å². The smallest absolute Gasteiger partial charge is 0.229 e. The zero-order valence-electron chi connectivity index (χ0n) is 78.7. The van der Waals surface area contributed by atoms with Gasteiger partial charge in [0.05, 0.1) is 84.8 Å². The molecule has 4 aliphatic carbocycles. The summed E-state index contributed by atoms with van der Waals surface area (Å²) in [5.74, 6) is 0.413. The number of aliphatic hydroxyl groups is 8. The van der Waals surface area contributed by atoms with Gasteiger partial charge in [0.15, 0.2) is 23.3 Å². The van der Waals surface area contributed by atoms with Crippen LogP contribution in [0.4, 0.5) is 23.3 Å². The number of hydrogen-bond acceptors (Lipinski definition) is 20. The van der Waals surface area contributed by atoms with Crippen LogP contribution in [0.15, 0.2) is 328 Å². The zero-order valence-corrected chi connectivity index (χ0v) is 78.7. The number of aromatic nitrogens is 8. The molecule has 4 aromatic heterocycles. The van der Waals surface area contributed by atoms with Gasteiger partial charge in [-0.05, 0) is 170 Å². The van der Waals surface area contributed by atoms with Gasteiger partial charge >= 0.3 is 0 Å². The fourth-order valence-corrected chi connectivity index (χ4v) is 18.6. The summed E-state index contributed by atoms with van der Waals surface area (Å²) in [6.45, 7) is -0.0705. The second-order valence-electron chi connectivity index (χ2n) is 35.9. The number of fused-ring (bicyclic) bond motifs is 13. The Labute approximate surface area is 828 Å². The van der Waals surface area contributed by atoms with Crippen molar-refractivity contribution in [1.29, 1.82) is 0 Å². The third-order valence-corrected chi connectivity index (χ3v) is 26.0. The molecule has 0 aliphatic heterocycles. The first kappa shape index (κ1) is 97.2. The number of amides is 4. The zero-order chi connectivity index (χ0) is 98.7. The number of anilines is 4. The van der Waals surface area contributed by atoms with E-state index in [0.717, 1.165) is 149 Å². The van der Waals surface area contributed by atoms with Gasteiger partial charge in [0, 0.05) is 35.1 Å². The third-order valence-electron chi connectivity index (χ3n) is 26.0. The molecule has 21 rings (SSSR count). The third kappa shape index (κ3) is 23.5. The molecule has 4 amide bonds. The van der Waals surface area contributed by atoms with Crippen LogP contribution >= 0.6 is 0 Å². The van der Waals surface area contributed by atoms with Crippen LogP contribution in [0, 0.1) is 0 Å². The topological polar surface area (TPSA) is 381 Å². The van der Waals surface area contributed by atoms with E-state index in [1.54, 1.807) is 0 Å². The van der Waals surface area contributed by atoms with Crippen molar-refractivity contribution in [3.63, 3.8) is 0 Å². The highest BCUT2D eigenvalue weighted by atomic mass is 16.3. The average Bonchev–Trinajstić information content (AvgIpc) is 0.773. The fourth-order valence-electron chi connectivity index (χ4n) is 18.6. The van der Waals surface area contributed by atoms with Crippen molar-refractivity contribution < 1.29 is 60.0 Å². The second kappa shape index (κ2) is 45.9. The number of nitrogens with zero attached hydrogens (tertiary/aromatic N) is 8. The van der Waals surface area contributed by atoms with E-state index in [9.17, 15) is 60.0 Å². The molecule has 0 saturated heterocycles. The van der Waals surface area contributed by atoms with E-state index in [0.29, 0.717) is 131 Å². The Hall–Kier alpha value is -16.0. The lowest BCUT2D eigenvalue weighted by molar-refractivity contribution is -0.117. The van der Waals surface area contributed by atoms with Crippen molar-refractivity contribution in [3.8, 4) is 45.0 Å². The molecule has 4 unspecified atom stereocenters. The minimum atomic E-state index is -1.06. The van der Waals surface area contributed by atoms with Gasteiger partial charge in [-0.1, -0.05) is 328 Å². The molecule has 17 aromatic rings. The Morgan fingerprint density at radius 1 is 0.245 bits per heavy atom. The highest BCUT2D eigenvalue weighted by molar-refractivity contribution is 5.95. The molecule has 143 heavy (non-hydrogen) atoms. The van der Waals surface area contributed by atoms with Crippen LogP contribution in [0.1, 0.15) is 178 Å². The number of carbonyl (C=O) groups is 4. The maximum absolute atomic E-state index is 13.2. The van der Waals surface area contributed by atoms with Gasteiger partial charge in [-0.15, -0.1) is 0 Å². The average molecular weight is 1900 g/mol. The van der Waals surface area contributed by atoms with Crippen LogP contribution in [-0.2, 0) is 123 Å². The van der Waals surface area contributed by atoms with Gasteiger partial charge < -0.3 is 62.1 Å². The Balaban J connectivity index is 0.000000126. The van der Waals surface area contributed by atoms with E-state index in [1.807, 2.05) is 315 Å². The van der Waals surface area contributed by atoms with Crippen molar-refractivity contribution in [1.82, 2.24) is 39.9 Å². The normalized spacial score (nSPS) is 13.0. The van der Waals surface area contributed by atoms with Gasteiger partial charge in [0.25, 0.3) is 0 Å². The molecular formula is C119H108N12O12. The predicted octanol–water partition coefficient (Wildman–Crippen LogP) is 18.3. The molecule has 0 bridgehead atoms. The molecule has 0 saturated carbocycles. The van der Waals surface area contributed by atoms with Gasteiger partial charge in [-0.25, -0.2) is 39.9 Å². The molecule has 24 nitrogen and oxygen atoms in total. The number of rotatable bonds is 27. The van der Waals surface area contributed by atoms with Crippen molar-refractivity contribution in [2.45, 2.75) is 147 Å². The van der Waals surface area contributed by atoms with Crippen molar-refractivity contribution >= 4 is 57.7 Å². The van der Waals surface area contributed by atoms with Gasteiger partial charge in [0.1, 0.15) is 47.2 Å². The van der Waals surface area contributed by atoms with Crippen LogP contribution in [0.25, 0.3) is 55.8 Å². The van der Waals surface area contributed by atoms with E-state index in [1.165, 1.54) is 5.56 Å². The lowest BCUT2D eigenvalue weighted by Gasteiger charge is -2.23. The minimum Gasteiger partial charge on any atom is -0.392 e. The molecule has 13 aromatic carbocycles. The summed E-state index contributed by atoms with van der Waals surface area (Å²) in [4.78, 5) is 90.4.